The molecule has 0 unspecified atom stereocenters. The zero-order valence-electron chi connectivity index (χ0n) is 10.8. The van der Waals surface area contributed by atoms with E-state index in [2.05, 4.69) is 16.0 Å². The Kier molecular flexibility index (Phi) is 3.62. The van der Waals surface area contributed by atoms with Gasteiger partial charge >= 0.3 is 0 Å². The zero-order chi connectivity index (χ0) is 13.1. The van der Waals surface area contributed by atoms with E-state index in [1.807, 2.05) is 24.4 Å². The summed E-state index contributed by atoms with van der Waals surface area (Å²) in [5, 5.41) is 10.2. The quantitative estimate of drug-likeness (QED) is 0.909. The van der Waals surface area contributed by atoms with Crippen molar-refractivity contribution in [3.05, 3.63) is 54.2 Å². The van der Waals surface area contributed by atoms with Crippen molar-refractivity contribution in [1.82, 2.24) is 9.88 Å². The second kappa shape index (κ2) is 5.55. The highest BCUT2D eigenvalue weighted by Crippen LogP contribution is 2.23. The molecule has 0 spiro atoms. The SMILES string of the molecule is O[C@@H]1CCN(Cc2ccco2)[C@H]1Cc1cccnc1. The first-order chi connectivity index (χ1) is 9.33. The molecule has 0 aliphatic carbocycles. The predicted molar refractivity (Wildman–Crippen MR) is 71.5 cm³/mol. The predicted octanol–water partition coefficient (Wildman–Crippen LogP) is 1.85. The van der Waals surface area contributed by atoms with E-state index in [0.717, 1.165) is 37.3 Å². The van der Waals surface area contributed by atoms with E-state index in [4.69, 9.17) is 4.42 Å². The molecule has 3 rings (SSSR count). The van der Waals surface area contributed by atoms with Gasteiger partial charge in [0.1, 0.15) is 5.76 Å². The van der Waals surface area contributed by atoms with Crippen LogP contribution in [0.4, 0.5) is 0 Å². The molecule has 0 radical (unpaired) electrons. The highest BCUT2D eigenvalue weighted by molar-refractivity contribution is 5.12. The smallest absolute Gasteiger partial charge is 0.117 e. The van der Waals surface area contributed by atoms with E-state index in [1.165, 1.54) is 0 Å². The highest BCUT2D eigenvalue weighted by Gasteiger charge is 2.33. The monoisotopic (exact) mass is 258 g/mol. The maximum absolute atomic E-state index is 10.2. The van der Waals surface area contributed by atoms with Crippen molar-refractivity contribution >= 4 is 0 Å². The van der Waals surface area contributed by atoms with Gasteiger partial charge in [0, 0.05) is 25.0 Å². The van der Waals surface area contributed by atoms with Crippen LogP contribution in [0.15, 0.2) is 47.3 Å². The second-order valence-electron chi connectivity index (χ2n) is 5.04. The van der Waals surface area contributed by atoms with Crippen LogP contribution in [-0.4, -0.2) is 33.7 Å². The third-order valence-corrected chi connectivity index (χ3v) is 3.73. The maximum atomic E-state index is 10.2. The molecular weight excluding hydrogens is 240 g/mol. The number of aliphatic hydroxyl groups excluding tert-OH is 1. The summed E-state index contributed by atoms with van der Waals surface area (Å²) >= 11 is 0. The summed E-state index contributed by atoms with van der Waals surface area (Å²) in [4.78, 5) is 6.42. The molecule has 2 atom stereocenters. The first kappa shape index (κ1) is 12.4. The Hall–Kier alpha value is -1.65. The Bertz CT molecular complexity index is 498. The highest BCUT2D eigenvalue weighted by atomic mass is 16.3. The molecule has 4 heteroatoms. The lowest BCUT2D eigenvalue weighted by Crippen LogP contribution is -2.36. The summed E-state index contributed by atoms with van der Waals surface area (Å²) in [5.74, 6) is 0.949. The zero-order valence-corrected chi connectivity index (χ0v) is 10.8. The average molecular weight is 258 g/mol. The molecule has 1 aliphatic heterocycles. The van der Waals surface area contributed by atoms with Crippen molar-refractivity contribution < 1.29 is 9.52 Å². The molecule has 0 aromatic carbocycles. The van der Waals surface area contributed by atoms with Gasteiger partial charge in [-0.05, 0) is 36.6 Å². The molecule has 2 aromatic rings. The Labute approximate surface area is 112 Å². The summed E-state index contributed by atoms with van der Waals surface area (Å²) in [6.07, 6.45) is 6.72. The molecule has 1 aliphatic rings. The van der Waals surface area contributed by atoms with E-state index >= 15 is 0 Å². The van der Waals surface area contributed by atoms with Gasteiger partial charge in [-0.25, -0.2) is 0 Å². The van der Waals surface area contributed by atoms with Crippen LogP contribution >= 0.6 is 0 Å². The molecular formula is C15H18N2O2. The van der Waals surface area contributed by atoms with E-state index in [0.29, 0.717) is 0 Å². The number of likely N-dealkylation sites (tertiary alicyclic amines) is 1. The molecule has 1 N–H and O–H groups in total. The summed E-state index contributed by atoms with van der Waals surface area (Å²) < 4.78 is 5.39. The van der Waals surface area contributed by atoms with E-state index < -0.39 is 0 Å². The molecule has 1 fully saturated rings. The van der Waals surface area contributed by atoms with Gasteiger partial charge in [-0.1, -0.05) is 6.07 Å². The van der Waals surface area contributed by atoms with Gasteiger partial charge in [0.2, 0.25) is 0 Å². The third kappa shape index (κ3) is 2.85. The van der Waals surface area contributed by atoms with Gasteiger partial charge in [-0.15, -0.1) is 0 Å². The summed E-state index contributed by atoms with van der Waals surface area (Å²) in [7, 11) is 0. The fraction of sp³-hybridized carbons (Fsp3) is 0.400. The number of pyridine rings is 1. The Balaban J connectivity index is 1.70. The van der Waals surface area contributed by atoms with Crippen molar-refractivity contribution in [1.29, 1.82) is 0 Å². The molecule has 19 heavy (non-hydrogen) atoms. The molecule has 2 aromatic heterocycles. The van der Waals surface area contributed by atoms with Crippen LogP contribution in [-0.2, 0) is 13.0 Å². The summed E-state index contributed by atoms with van der Waals surface area (Å²) in [6, 6.07) is 8.02. The van der Waals surface area contributed by atoms with Crippen molar-refractivity contribution in [2.24, 2.45) is 0 Å². The van der Waals surface area contributed by atoms with Crippen LogP contribution in [0.1, 0.15) is 17.7 Å². The molecule has 4 nitrogen and oxygen atoms in total. The minimum Gasteiger partial charge on any atom is -0.468 e. The van der Waals surface area contributed by atoms with Crippen molar-refractivity contribution in [3.63, 3.8) is 0 Å². The lowest BCUT2D eigenvalue weighted by molar-refractivity contribution is 0.109. The number of aliphatic hydroxyl groups is 1. The summed E-state index contributed by atoms with van der Waals surface area (Å²) in [6.45, 7) is 1.67. The van der Waals surface area contributed by atoms with E-state index in [1.54, 1.807) is 12.5 Å². The lowest BCUT2D eigenvalue weighted by Gasteiger charge is -2.25. The van der Waals surface area contributed by atoms with Crippen LogP contribution in [0.5, 0.6) is 0 Å². The van der Waals surface area contributed by atoms with Crippen LogP contribution in [0, 0.1) is 0 Å². The largest absolute Gasteiger partial charge is 0.468 e. The average Bonchev–Trinajstić information content (AvgIpc) is 3.05. The van der Waals surface area contributed by atoms with Crippen LogP contribution < -0.4 is 0 Å². The number of rotatable bonds is 4. The molecule has 100 valence electrons. The minimum atomic E-state index is -0.268. The number of furan rings is 1. The normalized spacial score (nSPS) is 23.8. The molecule has 0 bridgehead atoms. The molecule has 0 saturated carbocycles. The Morgan fingerprint density at radius 1 is 1.37 bits per heavy atom. The standard InChI is InChI=1S/C15H18N2O2/c18-15-5-7-17(11-13-4-2-8-19-13)14(15)9-12-3-1-6-16-10-12/h1-4,6,8,10,14-15,18H,5,7,9,11H2/t14-,15+/m0/s1. The fourth-order valence-corrected chi connectivity index (χ4v) is 2.72. The van der Waals surface area contributed by atoms with E-state index in [-0.39, 0.29) is 12.1 Å². The maximum Gasteiger partial charge on any atom is 0.117 e. The van der Waals surface area contributed by atoms with Gasteiger partial charge in [-0.3, -0.25) is 9.88 Å². The number of hydrogen-bond acceptors (Lipinski definition) is 4. The fourth-order valence-electron chi connectivity index (χ4n) is 2.72. The first-order valence-electron chi connectivity index (χ1n) is 6.66. The van der Waals surface area contributed by atoms with Crippen LogP contribution in [0.25, 0.3) is 0 Å². The van der Waals surface area contributed by atoms with Crippen molar-refractivity contribution in [2.45, 2.75) is 31.5 Å². The Morgan fingerprint density at radius 2 is 2.32 bits per heavy atom. The van der Waals surface area contributed by atoms with Crippen molar-refractivity contribution in [2.75, 3.05) is 6.54 Å². The van der Waals surface area contributed by atoms with Gasteiger partial charge in [0.15, 0.2) is 0 Å². The number of nitrogens with zero attached hydrogens (tertiary/aromatic N) is 2. The number of aromatic nitrogens is 1. The molecule has 1 saturated heterocycles. The topological polar surface area (TPSA) is 49.5 Å². The van der Waals surface area contributed by atoms with E-state index in [9.17, 15) is 5.11 Å². The van der Waals surface area contributed by atoms with Gasteiger partial charge in [0.25, 0.3) is 0 Å². The van der Waals surface area contributed by atoms with Crippen LogP contribution in [0.3, 0.4) is 0 Å². The Morgan fingerprint density at radius 3 is 3.05 bits per heavy atom. The minimum absolute atomic E-state index is 0.147. The van der Waals surface area contributed by atoms with Crippen molar-refractivity contribution in [3.8, 4) is 0 Å². The third-order valence-electron chi connectivity index (χ3n) is 3.73. The van der Waals surface area contributed by atoms with Gasteiger partial charge in [-0.2, -0.15) is 0 Å². The molecule has 0 amide bonds. The number of hydrogen-bond donors (Lipinski definition) is 1. The lowest BCUT2D eigenvalue weighted by atomic mass is 10.0. The van der Waals surface area contributed by atoms with Gasteiger partial charge in [0.05, 0.1) is 18.9 Å². The second-order valence-corrected chi connectivity index (χ2v) is 5.04. The summed E-state index contributed by atoms with van der Waals surface area (Å²) in [5.41, 5.74) is 1.16. The first-order valence-corrected chi connectivity index (χ1v) is 6.66. The molecule has 3 heterocycles. The van der Waals surface area contributed by atoms with Gasteiger partial charge < -0.3 is 9.52 Å². The van der Waals surface area contributed by atoms with Crippen LogP contribution in [0.2, 0.25) is 0 Å².